The Kier molecular flexibility index (Phi) is 14.1. The van der Waals surface area contributed by atoms with Gasteiger partial charge in [0.2, 0.25) is 11.8 Å². The van der Waals surface area contributed by atoms with Crippen LogP contribution < -0.4 is 20.7 Å². The summed E-state index contributed by atoms with van der Waals surface area (Å²) in [6, 6.07) is 31.1. The molecule has 5 rings (SSSR count). The molecule has 0 saturated heterocycles. The Balaban J connectivity index is 1.29. The van der Waals surface area contributed by atoms with Crippen molar-refractivity contribution in [2.24, 2.45) is 0 Å². The smallest absolute Gasteiger partial charge is 0.408 e. The number of hydrogen-bond acceptors (Lipinski definition) is 8. The highest BCUT2D eigenvalue weighted by Gasteiger charge is 2.31. The fourth-order valence-electron chi connectivity index (χ4n) is 5.23. The van der Waals surface area contributed by atoms with Crippen LogP contribution in [0.2, 0.25) is 0 Å². The minimum Gasteiger partial charge on any atom is -0.489 e. The zero-order valence-electron chi connectivity index (χ0n) is 28.9. The van der Waals surface area contributed by atoms with Crippen LogP contribution in [0.5, 0.6) is 5.75 Å². The third-order valence-electron chi connectivity index (χ3n) is 8.06. The number of aromatic amines is 1. The lowest BCUT2D eigenvalue weighted by Crippen LogP contribution is -2.57. The Hall–Kier alpha value is -6.47. The number of benzene rings is 4. The van der Waals surface area contributed by atoms with Gasteiger partial charge in [-0.15, -0.1) is 0 Å². The highest BCUT2D eigenvalue weighted by molar-refractivity contribution is 5.93. The standard InChI is InChI=1S/C40H41N5O8/c46-37(44-36(39(48)49)26-51-23-29-10-4-1-5-11-29)34(20-28-16-18-33(19-17-28)52-24-30-12-6-2-7-13-30)43-38(47)35(21-32-22-41-27-42-32)45-40(50)53-25-31-14-8-3-9-15-31/h1-19,22,27,34-36H,20-21,23-26H2,(H,41,42)(H,43,47)(H,44,46)(H,45,50)(H,48,49)/t34-,35-,36+/m0/s1. The van der Waals surface area contributed by atoms with E-state index in [1.165, 1.54) is 12.5 Å². The van der Waals surface area contributed by atoms with E-state index in [4.69, 9.17) is 14.2 Å². The molecule has 5 aromatic rings. The number of nitrogens with one attached hydrogen (secondary N) is 4. The fourth-order valence-corrected chi connectivity index (χ4v) is 5.23. The average Bonchev–Trinajstić information content (AvgIpc) is 3.70. The average molecular weight is 720 g/mol. The van der Waals surface area contributed by atoms with Crippen LogP contribution in [0.1, 0.15) is 27.9 Å². The largest absolute Gasteiger partial charge is 0.489 e. The molecule has 0 aliphatic heterocycles. The van der Waals surface area contributed by atoms with Crippen LogP contribution in [-0.2, 0) is 56.5 Å². The molecule has 1 heterocycles. The lowest BCUT2D eigenvalue weighted by molar-refractivity contribution is -0.144. The topological polar surface area (TPSA) is 181 Å². The molecule has 5 N–H and O–H groups in total. The molecule has 0 aliphatic carbocycles. The molecule has 274 valence electrons. The number of amides is 3. The van der Waals surface area contributed by atoms with E-state index in [9.17, 15) is 24.3 Å². The van der Waals surface area contributed by atoms with E-state index in [0.29, 0.717) is 23.6 Å². The molecular formula is C40H41N5O8. The van der Waals surface area contributed by atoms with Crippen LogP contribution in [0.15, 0.2) is 128 Å². The quantitative estimate of drug-likeness (QED) is 0.0830. The number of carbonyl (C=O) groups is 4. The molecule has 13 nitrogen and oxygen atoms in total. The van der Waals surface area contributed by atoms with Crippen LogP contribution in [0, 0.1) is 0 Å². The summed E-state index contributed by atoms with van der Waals surface area (Å²) in [4.78, 5) is 59.6. The zero-order valence-corrected chi connectivity index (χ0v) is 28.9. The summed E-state index contributed by atoms with van der Waals surface area (Å²) >= 11 is 0. The Morgan fingerprint density at radius 3 is 1.74 bits per heavy atom. The maximum atomic E-state index is 13.9. The summed E-state index contributed by atoms with van der Waals surface area (Å²) in [5.41, 5.74) is 3.79. The van der Waals surface area contributed by atoms with Gasteiger partial charge in [-0.05, 0) is 34.4 Å². The Bertz CT molecular complexity index is 1880. The summed E-state index contributed by atoms with van der Waals surface area (Å²) in [6.45, 7) is 0.161. The molecule has 13 heteroatoms. The van der Waals surface area contributed by atoms with Crippen molar-refractivity contribution in [3.63, 3.8) is 0 Å². The van der Waals surface area contributed by atoms with E-state index in [0.717, 1.165) is 16.7 Å². The summed E-state index contributed by atoms with van der Waals surface area (Å²) in [5, 5.41) is 17.8. The lowest BCUT2D eigenvalue weighted by Gasteiger charge is -2.24. The number of nitrogens with zero attached hydrogens (tertiary/aromatic N) is 1. The monoisotopic (exact) mass is 719 g/mol. The van der Waals surface area contributed by atoms with Gasteiger partial charge >= 0.3 is 12.1 Å². The zero-order chi connectivity index (χ0) is 37.3. The number of H-pyrrole nitrogens is 1. The minimum atomic E-state index is -1.41. The van der Waals surface area contributed by atoms with Crippen molar-refractivity contribution in [2.75, 3.05) is 6.61 Å². The van der Waals surface area contributed by atoms with Gasteiger partial charge in [-0.25, -0.2) is 14.6 Å². The molecule has 0 bridgehead atoms. The Morgan fingerprint density at radius 1 is 0.623 bits per heavy atom. The molecule has 53 heavy (non-hydrogen) atoms. The van der Waals surface area contributed by atoms with Gasteiger partial charge in [-0.3, -0.25) is 9.59 Å². The van der Waals surface area contributed by atoms with Gasteiger partial charge in [0.15, 0.2) is 6.04 Å². The van der Waals surface area contributed by atoms with Crippen LogP contribution in [0.3, 0.4) is 0 Å². The van der Waals surface area contributed by atoms with E-state index < -0.39 is 42.0 Å². The van der Waals surface area contributed by atoms with E-state index in [2.05, 4.69) is 25.9 Å². The van der Waals surface area contributed by atoms with E-state index in [1.54, 1.807) is 36.4 Å². The third-order valence-corrected chi connectivity index (χ3v) is 8.06. The Labute approximate surface area is 306 Å². The molecule has 3 amide bonds. The maximum absolute atomic E-state index is 13.9. The SMILES string of the molecule is O=C(N[C@@H](Cc1cnc[nH]1)C(=O)N[C@@H](Cc1ccc(OCc2ccccc2)cc1)C(=O)N[C@H](COCc1ccccc1)C(=O)O)OCc1ccccc1. The van der Waals surface area contributed by atoms with Gasteiger partial charge in [0.25, 0.3) is 0 Å². The van der Waals surface area contributed by atoms with Gasteiger partial charge in [0, 0.05) is 24.7 Å². The van der Waals surface area contributed by atoms with Crippen molar-refractivity contribution in [2.45, 2.75) is 50.8 Å². The molecule has 4 aromatic carbocycles. The first kappa shape index (κ1) is 37.8. The van der Waals surface area contributed by atoms with Crippen molar-refractivity contribution < 1.29 is 38.5 Å². The van der Waals surface area contributed by atoms with E-state index in [-0.39, 0.29) is 32.7 Å². The normalized spacial score (nSPS) is 12.5. The minimum absolute atomic E-state index is 0.000857. The van der Waals surface area contributed by atoms with E-state index >= 15 is 0 Å². The number of hydrogen-bond donors (Lipinski definition) is 5. The van der Waals surface area contributed by atoms with Crippen molar-refractivity contribution in [1.29, 1.82) is 0 Å². The van der Waals surface area contributed by atoms with Gasteiger partial charge in [-0.2, -0.15) is 0 Å². The summed E-state index contributed by atoms with van der Waals surface area (Å²) in [7, 11) is 0. The van der Waals surface area contributed by atoms with Crippen molar-refractivity contribution in [1.82, 2.24) is 25.9 Å². The number of ether oxygens (including phenoxy) is 3. The summed E-state index contributed by atoms with van der Waals surface area (Å²) in [5.74, 6) is -2.17. The molecule has 3 atom stereocenters. The second kappa shape index (κ2) is 19.8. The Morgan fingerprint density at radius 2 is 1.17 bits per heavy atom. The molecule has 0 spiro atoms. The molecule has 0 aliphatic rings. The first-order chi connectivity index (χ1) is 25.8. The number of alkyl carbamates (subject to hydrolysis) is 1. The predicted molar refractivity (Wildman–Crippen MR) is 194 cm³/mol. The second-order valence-electron chi connectivity index (χ2n) is 12.1. The number of rotatable bonds is 19. The number of aliphatic carboxylic acids is 1. The fraction of sp³-hybridized carbons (Fsp3) is 0.225. The molecule has 0 radical (unpaired) electrons. The van der Waals surface area contributed by atoms with Crippen LogP contribution in [-0.4, -0.2) is 63.7 Å². The highest BCUT2D eigenvalue weighted by atomic mass is 16.5. The lowest BCUT2D eigenvalue weighted by atomic mass is 10.0. The molecule has 0 unspecified atom stereocenters. The van der Waals surface area contributed by atoms with Gasteiger partial charge in [-0.1, -0.05) is 103 Å². The number of carboxylic acids is 1. The summed E-state index contributed by atoms with van der Waals surface area (Å²) < 4.78 is 16.9. The van der Waals surface area contributed by atoms with Crippen LogP contribution in [0.4, 0.5) is 4.79 Å². The molecule has 0 saturated carbocycles. The van der Waals surface area contributed by atoms with E-state index in [1.807, 2.05) is 78.9 Å². The number of carbonyl (C=O) groups excluding carboxylic acids is 3. The highest BCUT2D eigenvalue weighted by Crippen LogP contribution is 2.16. The second-order valence-corrected chi connectivity index (χ2v) is 12.1. The van der Waals surface area contributed by atoms with Crippen molar-refractivity contribution in [3.05, 3.63) is 156 Å². The molecule has 1 aromatic heterocycles. The first-order valence-corrected chi connectivity index (χ1v) is 17.0. The van der Waals surface area contributed by atoms with Gasteiger partial charge in [0.05, 0.1) is 19.5 Å². The third kappa shape index (κ3) is 12.7. The molecular weight excluding hydrogens is 678 g/mol. The van der Waals surface area contributed by atoms with Crippen LogP contribution >= 0.6 is 0 Å². The van der Waals surface area contributed by atoms with Crippen molar-refractivity contribution >= 4 is 23.9 Å². The summed E-state index contributed by atoms with van der Waals surface area (Å²) in [6.07, 6.45) is 2.09. The van der Waals surface area contributed by atoms with Gasteiger partial charge < -0.3 is 40.3 Å². The number of carboxylic acid groups (broad SMARTS) is 1. The maximum Gasteiger partial charge on any atom is 0.408 e. The van der Waals surface area contributed by atoms with Crippen molar-refractivity contribution in [3.8, 4) is 5.75 Å². The predicted octanol–water partition coefficient (Wildman–Crippen LogP) is 4.34. The van der Waals surface area contributed by atoms with Gasteiger partial charge in [0.1, 0.15) is 31.0 Å². The first-order valence-electron chi connectivity index (χ1n) is 17.0. The molecule has 0 fully saturated rings. The van der Waals surface area contributed by atoms with Crippen LogP contribution in [0.25, 0.3) is 0 Å². The number of aromatic nitrogens is 2. The number of imidazole rings is 1.